The van der Waals surface area contributed by atoms with Gasteiger partial charge in [0.25, 0.3) is 11.8 Å². The van der Waals surface area contributed by atoms with Gasteiger partial charge in [-0.1, -0.05) is 18.2 Å². The molecular formula is C19H23FN3O2S+. The molecule has 5 nitrogen and oxygen atoms in total. The van der Waals surface area contributed by atoms with Crippen LogP contribution < -0.4 is 15.5 Å². The first-order chi connectivity index (χ1) is 12.5. The average molecular weight is 376 g/mol. The molecule has 1 heterocycles. The Hall–Kier alpha value is -2.25. The Balaban J connectivity index is 1.59. The summed E-state index contributed by atoms with van der Waals surface area (Å²) in [5.74, 6) is -0.480. The van der Waals surface area contributed by atoms with E-state index in [-0.39, 0.29) is 36.8 Å². The fraction of sp³-hybridized carbons (Fsp3) is 0.368. The monoisotopic (exact) mass is 376 g/mol. The van der Waals surface area contributed by atoms with E-state index in [0.717, 1.165) is 28.2 Å². The lowest BCUT2D eigenvalue weighted by molar-refractivity contribution is -0.862. The first-order valence-corrected chi connectivity index (χ1v) is 9.58. The molecule has 7 heteroatoms. The molecule has 3 N–H and O–H groups in total. The Morgan fingerprint density at radius 3 is 2.50 bits per heavy atom. The number of hydrogen-bond acceptors (Lipinski definition) is 3. The predicted molar refractivity (Wildman–Crippen MR) is 98.5 cm³/mol. The number of amides is 2. The SMILES string of the molecule is C[NH+](CC(=O)NC1CC1)CC(=O)N[C@H](c1ccc(F)cc1)c1cccs1. The number of carbonyl (C=O) groups excluding carboxylic acids is 2. The van der Waals surface area contributed by atoms with Crippen LogP contribution in [0.25, 0.3) is 0 Å². The second-order valence-corrected chi connectivity index (χ2v) is 7.70. The number of thiophene rings is 1. The van der Waals surface area contributed by atoms with Gasteiger partial charge in [0.15, 0.2) is 13.1 Å². The molecule has 3 rings (SSSR count). The van der Waals surface area contributed by atoms with Gasteiger partial charge in [-0.25, -0.2) is 4.39 Å². The number of hydrogen-bond donors (Lipinski definition) is 3. The average Bonchev–Trinajstić information content (AvgIpc) is 3.23. The van der Waals surface area contributed by atoms with Crippen LogP contribution in [0, 0.1) is 5.82 Å². The fourth-order valence-corrected chi connectivity index (χ4v) is 3.56. The number of carbonyl (C=O) groups is 2. The van der Waals surface area contributed by atoms with E-state index in [4.69, 9.17) is 0 Å². The van der Waals surface area contributed by atoms with Gasteiger partial charge in [0.1, 0.15) is 5.82 Å². The number of rotatable bonds is 8. The molecular weight excluding hydrogens is 353 g/mol. The van der Waals surface area contributed by atoms with Gasteiger partial charge in [-0.15, -0.1) is 11.3 Å². The molecule has 0 aliphatic heterocycles. The van der Waals surface area contributed by atoms with E-state index in [0.29, 0.717) is 6.04 Å². The molecule has 0 spiro atoms. The zero-order chi connectivity index (χ0) is 18.5. The third-order valence-corrected chi connectivity index (χ3v) is 5.14. The van der Waals surface area contributed by atoms with Gasteiger partial charge >= 0.3 is 0 Å². The number of halogens is 1. The van der Waals surface area contributed by atoms with E-state index >= 15 is 0 Å². The molecule has 26 heavy (non-hydrogen) atoms. The Kier molecular flexibility index (Phi) is 6.00. The summed E-state index contributed by atoms with van der Waals surface area (Å²) < 4.78 is 13.2. The van der Waals surface area contributed by atoms with E-state index in [1.165, 1.54) is 23.5 Å². The summed E-state index contributed by atoms with van der Waals surface area (Å²) in [7, 11) is 1.82. The van der Waals surface area contributed by atoms with E-state index in [1.54, 1.807) is 12.1 Å². The Morgan fingerprint density at radius 1 is 1.19 bits per heavy atom. The van der Waals surface area contributed by atoms with Crippen molar-refractivity contribution >= 4 is 23.2 Å². The zero-order valence-corrected chi connectivity index (χ0v) is 15.4. The molecule has 1 aliphatic carbocycles. The van der Waals surface area contributed by atoms with Crippen LogP contribution in [0.4, 0.5) is 4.39 Å². The van der Waals surface area contributed by atoms with Gasteiger partial charge in [-0.2, -0.15) is 0 Å². The van der Waals surface area contributed by atoms with Crippen molar-refractivity contribution in [3.05, 3.63) is 58.0 Å². The lowest BCUT2D eigenvalue weighted by Crippen LogP contribution is -3.11. The highest BCUT2D eigenvalue weighted by atomic mass is 32.1. The zero-order valence-electron chi connectivity index (χ0n) is 14.6. The van der Waals surface area contributed by atoms with Crippen LogP contribution in [0.15, 0.2) is 41.8 Å². The molecule has 1 aromatic carbocycles. The van der Waals surface area contributed by atoms with E-state index < -0.39 is 0 Å². The fourth-order valence-electron chi connectivity index (χ4n) is 2.76. The van der Waals surface area contributed by atoms with Gasteiger partial charge in [0.05, 0.1) is 13.1 Å². The van der Waals surface area contributed by atoms with Crippen molar-refractivity contribution in [2.45, 2.75) is 24.9 Å². The largest absolute Gasteiger partial charge is 0.348 e. The maximum atomic E-state index is 13.2. The summed E-state index contributed by atoms with van der Waals surface area (Å²) in [6.07, 6.45) is 2.09. The lowest BCUT2D eigenvalue weighted by Gasteiger charge is -2.20. The minimum absolute atomic E-state index is 0.0221. The summed E-state index contributed by atoms with van der Waals surface area (Å²) >= 11 is 1.54. The van der Waals surface area contributed by atoms with Gasteiger partial charge in [0, 0.05) is 10.9 Å². The van der Waals surface area contributed by atoms with Crippen LogP contribution in [0.1, 0.15) is 29.3 Å². The molecule has 1 unspecified atom stereocenters. The van der Waals surface area contributed by atoms with E-state index in [2.05, 4.69) is 10.6 Å². The Morgan fingerprint density at radius 2 is 1.88 bits per heavy atom. The molecule has 1 fully saturated rings. The molecule has 0 radical (unpaired) electrons. The lowest BCUT2D eigenvalue weighted by atomic mass is 10.1. The number of likely N-dealkylation sites (N-methyl/N-ethyl adjacent to an activating group) is 1. The number of nitrogens with one attached hydrogen (secondary N) is 3. The molecule has 138 valence electrons. The number of quaternary nitrogens is 1. The second-order valence-electron chi connectivity index (χ2n) is 6.72. The van der Waals surface area contributed by atoms with E-state index in [9.17, 15) is 14.0 Å². The molecule has 1 aromatic heterocycles. The summed E-state index contributed by atoms with van der Waals surface area (Å²) in [6.45, 7) is 0.464. The summed E-state index contributed by atoms with van der Waals surface area (Å²) in [5, 5.41) is 7.88. The van der Waals surface area contributed by atoms with Crippen LogP contribution in [-0.2, 0) is 9.59 Å². The van der Waals surface area contributed by atoms with Crippen molar-refractivity contribution in [1.29, 1.82) is 0 Å². The van der Waals surface area contributed by atoms with Crippen LogP contribution in [-0.4, -0.2) is 38.0 Å². The van der Waals surface area contributed by atoms with Crippen molar-refractivity contribution in [3.63, 3.8) is 0 Å². The topological polar surface area (TPSA) is 62.6 Å². The normalized spacial score (nSPS) is 15.9. The van der Waals surface area contributed by atoms with Gasteiger partial charge < -0.3 is 15.5 Å². The maximum Gasteiger partial charge on any atom is 0.275 e. The van der Waals surface area contributed by atoms with Crippen molar-refractivity contribution < 1.29 is 18.9 Å². The molecule has 1 saturated carbocycles. The smallest absolute Gasteiger partial charge is 0.275 e. The van der Waals surface area contributed by atoms with Gasteiger partial charge in [0.2, 0.25) is 0 Å². The van der Waals surface area contributed by atoms with Crippen LogP contribution in [0.3, 0.4) is 0 Å². The molecule has 0 bridgehead atoms. The summed E-state index contributed by atoms with van der Waals surface area (Å²) in [6, 6.07) is 10.0. The Labute approximate surface area is 156 Å². The standard InChI is InChI=1S/C19H22FN3O2S/c1-23(11-17(24)21-15-8-9-15)12-18(25)22-19(16-3-2-10-26-16)13-4-6-14(20)7-5-13/h2-7,10,15,19H,8-9,11-12H2,1H3,(H,21,24)(H,22,25)/p+1/t19-/m1/s1. The van der Waals surface area contributed by atoms with Gasteiger partial charge in [-0.05, 0) is 42.0 Å². The van der Waals surface area contributed by atoms with Crippen molar-refractivity contribution in [2.75, 3.05) is 20.1 Å². The molecule has 2 atom stereocenters. The highest BCUT2D eigenvalue weighted by molar-refractivity contribution is 7.10. The second kappa shape index (κ2) is 8.42. The summed E-state index contributed by atoms with van der Waals surface area (Å²) in [5.41, 5.74) is 0.825. The van der Waals surface area contributed by atoms with Crippen LogP contribution in [0.5, 0.6) is 0 Å². The molecule has 0 saturated heterocycles. The summed E-state index contributed by atoms with van der Waals surface area (Å²) in [4.78, 5) is 26.1. The third kappa shape index (κ3) is 5.37. The Bertz CT molecular complexity index is 745. The van der Waals surface area contributed by atoms with Crippen molar-refractivity contribution in [1.82, 2.24) is 10.6 Å². The van der Waals surface area contributed by atoms with Crippen molar-refractivity contribution in [2.24, 2.45) is 0 Å². The highest BCUT2D eigenvalue weighted by Gasteiger charge is 2.25. The quantitative estimate of drug-likeness (QED) is 0.641. The van der Waals surface area contributed by atoms with Crippen LogP contribution >= 0.6 is 11.3 Å². The molecule has 2 aromatic rings. The van der Waals surface area contributed by atoms with E-state index in [1.807, 2.05) is 24.6 Å². The first kappa shape index (κ1) is 18.5. The minimum atomic E-state index is -0.323. The maximum absolute atomic E-state index is 13.2. The van der Waals surface area contributed by atoms with Crippen molar-refractivity contribution in [3.8, 4) is 0 Å². The third-order valence-electron chi connectivity index (χ3n) is 4.20. The minimum Gasteiger partial charge on any atom is -0.348 e. The highest BCUT2D eigenvalue weighted by Crippen LogP contribution is 2.26. The molecule has 2 amide bonds. The van der Waals surface area contributed by atoms with Crippen LogP contribution in [0.2, 0.25) is 0 Å². The predicted octanol–water partition coefficient (Wildman–Crippen LogP) is 0.886. The van der Waals surface area contributed by atoms with Gasteiger partial charge in [-0.3, -0.25) is 9.59 Å². The number of benzene rings is 1. The molecule has 1 aliphatic rings. The first-order valence-electron chi connectivity index (χ1n) is 8.70.